The van der Waals surface area contributed by atoms with E-state index < -0.39 is 5.97 Å². The van der Waals surface area contributed by atoms with Crippen LogP contribution in [-0.2, 0) is 20.7 Å². The maximum Gasteiger partial charge on any atom is 0.310 e. The maximum absolute atomic E-state index is 12.0. The minimum absolute atomic E-state index is 0.0274. The molecule has 0 heterocycles. The first kappa shape index (κ1) is 18.8. The molecular formula is C19H20ClNO4. The molecule has 0 aliphatic carbocycles. The number of anilines is 1. The van der Waals surface area contributed by atoms with E-state index in [0.29, 0.717) is 16.3 Å². The summed E-state index contributed by atoms with van der Waals surface area (Å²) in [6.45, 7) is 3.45. The van der Waals surface area contributed by atoms with Gasteiger partial charge >= 0.3 is 5.97 Å². The molecule has 25 heavy (non-hydrogen) atoms. The van der Waals surface area contributed by atoms with E-state index in [2.05, 4.69) is 5.32 Å². The van der Waals surface area contributed by atoms with Crippen LogP contribution in [0, 0.1) is 13.8 Å². The summed E-state index contributed by atoms with van der Waals surface area (Å²) in [4.78, 5) is 24.0. The van der Waals surface area contributed by atoms with Gasteiger partial charge in [-0.25, -0.2) is 0 Å². The molecule has 0 saturated heterocycles. The van der Waals surface area contributed by atoms with E-state index >= 15 is 0 Å². The zero-order valence-corrected chi connectivity index (χ0v) is 15.1. The zero-order valence-electron chi connectivity index (χ0n) is 14.4. The summed E-state index contributed by atoms with van der Waals surface area (Å²) in [6.07, 6.45) is -0.0274. The topological polar surface area (TPSA) is 64.6 Å². The van der Waals surface area contributed by atoms with Crippen LogP contribution < -0.4 is 10.1 Å². The second kappa shape index (κ2) is 8.53. The van der Waals surface area contributed by atoms with Crippen molar-refractivity contribution in [3.63, 3.8) is 0 Å². The van der Waals surface area contributed by atoms with Crippen LogP contribution in [0.25, 0.3) is 0 Å². The van der Waals surface area contributed by atoms with E-state index in [4.69, 9.17) is 21.1 Å². The van der Waals surface area contributed by atoms with Crippen molar-refractivity contribution >= 4 is 29.2 Å². The third-order valence-electron chi connectivity index (χ3n) is 3.69. The van der Waals surface area contributed by atoms with Gasteiger partial charge in [0.1, 0.15) is 5.75 Å². The normalized spacial score (nSPS) is 10.2. The SMILES string of the molecule is COc1ccc(Cl)cc1CC(=O)OCC(=O)Nc1c(C)cccc1C. The van der Waals surface area contributed by atoms with E-state index in [0.717, 1.165) is 16.8 Å². The molecular weight excluding hydrogens is 342 g/mol. The molecule has 2 aromatic rings. The van der Waals surface area contributed by atoms with Gasteiger partial charge in [0.05, 0.1) is 13.5 Å². The van der Waals surface area contributed by atoms with Gasteiger partial charge in [0.15, 0.2) is 6.61 Å². The fourth-order valence-corrected chi connectivity index (χ4v) is 2.62. The number of halogens is 1. The number of hydrogen-bond acceptors (Lipinski definition) is 4. The monoisotopic (exact) mass is 361 g/mol. The van der Waals surface area contributed by atoms with E-state index in [9.17, 15) is 9.59 Å². The molecule has 0 bridgehead atoms. The average Bonchev–Trinajstić information content (AvgIpc) is 2.57. The summed E-state index contributed by atoms with van der Waals surface area (Å²) in [5.74, 6) is -0.373. The van der Waals surface area contributed by atoms with Crippen molar-refractivity contribution in [1.82, 2.24) is 0 Å². The number of aryl methyl sites for hydroxylation is 2. The maximum atomic E-state index is 12.0. The first-order valence-corrected chi connectivity index (χ1v) is 8.12. The molecule has 5 nitrogen and oxygen atoms in total. The van der Waals surface area contributed by atoms with Gasteiger partial charge in [-0.3, -0.25) is 9.59 Å². The Morgan fingerprint density at radius 1 is 1.12 bits per heavy atom. The quantitative estimate of drug-likeness (QED) is 0.797. The third kappa shape index (κ3) is 5.22. The summed E-state index contributed by atoms with van der Waals surface area (Å²) < 4.78 is 10.2. The van der Waals surface area contributed by atoms with Crippen LogP contribution in [-0.4, -0.2) is 25.6 Å². The molecule has 1 amide bonds. The Kier molecular flexibility index (Phi) is 6.42. The van der Waals surface area contributed by atoms with Gasteiger partial charge in [0, 0.05) is 16.3 Å². The minimum Gasteiger partial charge on any atom is -0.496 e. The highest BCUT2D eigenvalue weighted by atomic mass is 35.5. The summed E-state index contributed by atoms with van der Waals surface area (Å²) >= 11 is 5.93. The van der Waals surface area contributed by atoms with Crippen LogP contribution in [0.15, 0.2) is 36.4 Å². The number of nitrogens with one attached hydrogen (secondary N) is 1. The van der Waals surface area contributed by atoms with Crippen LogP contribution in [0.2, 0.25) is 5.02 Å². The number of para-hydroxylation sites is 1. The number of amides is 1. The van der Waals surface area contributed by atoms with Crippen molar-refractivity contribution < 1.29 is 19.1 Å². The largest absolute Gasteiger partial charge is 0.496 e. The molecule has 0 atom stereocenters. The summed E-state index contributed by atoms with van der Waals surface area (Å²) in [5.41, 5.74) is 3.24. The highest BCUT2D eigenvalue weighted by Gasteiger charge is 2.13. The zero-order chi connectivity index (χ0) is 18.4. The van der Waals surface area contributed by atoms with Crippen LogP contribution in [0.1, 0.15) is 16.7 Å². The van der Waals surface area contributed by atoms with Crippen LogP contribution >= 0.6 is 11.6 Å². The second-order valence-electron chi connectivity index (χ2n) is 5.61. The standard InChI is InChI=1S/C19H20ClNO4/c1-12-5-4-6-13(2)19(12)21-17(22)11-25-18(23)10-14-9-15(20)7-8-16(14)24-3/h4-9H,10-11H2,1-3H3,(H,21,22). The Balaban J connectivity index is 1.92. The van der Waals surface area contributed by atoms with Crippen LogP contribution in [0.5, 0.6) is 5.75 Å². The van der Waals surface area contributed by atoms with E-state index in [1.54, 1.807) is 18.2 Å². The number of methoxy groups -OCH3 is 1. The molecule has 0 aliphatic heterocycles. The molecule has 2 rings (SSSR count). The fourth-order valence-electron chi connectivity index (χ4n) is 2.43. The number of esters is 1. The number of carbonyl (C=O) groups is 2. The van der Waals surface area contributed by atoms with Gasteiger partial charge in [0.2, 0.25) is 0 Å². The molecule has 0 spiro atoms. The third-order valence-corrected chi connectivity index (χ3v) is 3.92. The average molecular weight is 362 g/mol. The lowest BCUT2D eigenvalue weighted by atomic mass is 10.1. The van der Waals surface area contributed by atoms with Crippen molar-refractivity contribution in [2.24, 2.45) is 0 Å². The Morgan fingerprint density at radius 2 is 1.80 bits per heavy atom. The number of benzene rings is 2. The van der Waals surface area contributed by atoms with Gasteiger partial charge in [-0.1, -0.05) is 29.8 Å². The predicted molar refractivity (Wildman–Crippen MR) is 97.2 cm³/mol. The van der Waals surface area contributed by atoms with Crippen LogP contribution in [0.4, 0.5) is 5.69 Å². The smallest absolute Gasteiger partial charge is 0.310 e. The number of hydrogen-bond donors (Lipinski definition) is 1. The molecule has 0 aromatic heterocycles. The van der Waals surface area contributed by atoms with Crippen LogP contribution in [0.3, 0.4) is 0 Å². The van der Waals surface area contributed by atoms with Crippen molar-refractivity contribution in [3.8, 4) is 5.75 Å². The van der Waals surface area contributed by atoms with Crippen molar-refractivity contribution in [1.29, 1.82) is 0 Å². The molecule has 132 valence electrons. The molecule has 0 saturated carbocycles. The Labute approximate surface area is 151 Å². The lowest BCUT2D eigenvalue weighted by Crippen LogP contribution is -2.22. The first-order valence-electron chi connectivity index (χ1n) is 7.75. The summed E-state index contributed by atoms with van der Waals surface area (Å²) in [7, 11) is 1.51. The lowest BCUT2D eigenvalue weighted by Gasteiger charge is -2.12. The summed E-state index contributed by atoms with van der Waals surface area (Å²) in [6, 6.07) is 10.7. The highest BCUT2D eigenvalue weighted by molar-refractivity contribution is 6.30. The van der Waals surface area contributed by atoms with Crippen molar-refractivity contribution in [2.75, 3.05) is 19.0 Å². The molecule has 0 aliphatic rings. The Morgan fingerprint density at radius 3 is 2.44 bits per heavy atom. The number of ether oxygens (including phenoxy) is 2. The number of carbonyl (C=O) groups excluding carboxylic acids is 2. The van der Waals surface area contributed by atoms with E-state index in [-0.39, 0.29) is 18.9 Å². The van der Waals surface area contributed by atoms with Gasteiger partial charge in [-0.05, 0) is 43.2 Å². The molecule has 0 fully saturated rings. The first-order chi connectivity index (χ1) is 11.9. The van der Waals surface area contributed by atoms with E-state index in [1.165, 1.54) is 7.11 Å². The lowest BCUT2D eigenvalue weighted by molar-refractivity contribution is -0.146. The molecule has 1 N–H and O–H groups in total. The molecule has 0 unspecified atom stereocenters. The Bertz CT molecular complexity index is 769. The van der Waals surface area contributed by atoms with Gasteiger partial charge in [-0.15, -0.1) is 0 Å². The molecule has 2 aromatic carbocycles. The van der Waals surface area contributed by atoms with Gasteiger partial charge in [0.25, 0.3) is 5.91 Å². The minimum atomic E-state index is -0.530. The second-order valence-corrected chi connectivity index (χ2v) is 6.05. The fraction of sp³-hybridized carbons (Fsp3) is 0.263. The van der Waals surface area contributed by atoms with Gasteiger partial charge < -0.3 is 14.8 Å². The summed E-state index contributed by atoms with van der Waals surface area (Å²) in [5, 5.41) is 3.26. The highest BCUT2D eigenvalue weighted by Crippen LogP contribution is 2.23. The molecule has 6 heteroatoms. The number of rotatable bonds is 6. The van der Waals surface area contributed by atoms with E-state index in [1.807, 2.05) is 32.0 Å². The van der Waals surface area contributed by atoms with Crippen molar-refractivity contribution in [3.05, 3.63) is 58.1 Å². The Hall–Kier alpha value is -2.53. The molecule has 0 radical (unpaired) electrons. The van der Waals surface area contributed by atoms with Gasteiger partial charge in [-0.2, -0.15) is 0 Å². The predicted octanol–water partition coefficient (Wildman–Crippen LogP) is 3.69. The van der Waals surface area contributed by atoms with Crippen molar-refractivity contribution in [2.45, 2.75) is 20.3 Å².